The van der Waals surface area contributed by atoms with Crippen LogP contribution in [0.5, 0.6) is 0 Å². The van der Waals surface area contributed by atoms with Crippen molar-refractivity contribution in [3.05, 3.63) is 38.9 Å². The maximum atomic E-state index is 13.0. The summed E-state index contributed by atoms with van der Waals surface area (Å²) >= 11 is 9.11. The average molecular weight is 465 g/mol. The number of piperazine rings is 1. The molecule has 12 heteroatoms. The van der Waals surface area contributed by atoms with Gasteiger partial charge in [-0.05, 0) is 29.9 Å². The lowest BCUT2D eigenvalue weighted by Gasteiger charge is -2.38. The standard InChI is InChI=1S/C14H15BrClN5O4S/c1-9-2-3-10(16)6-12(9)26(23,24)19-4-5-20(11(7-19)8-22)21-13(15)14(17)25-18-21/h2-3,6,8,11,17H,4-5,7H2,1H3. The van der Waals surface area contributed by atoms with Crippen LogP contribution in [0, 0.1) is 12.3 Å². The maximum absolute atomic E-state index is 13.0. The molecule has 3 rings (SSSR count). The van der Waals surface area contributed by atoms with Gasteiger partial charge in [-0.3, -0.25) is 10.4 Å². The first-order chi connectivity index (χ1) is 12.3. The predicted octanol–water partition coefficient (Wildman–Crippen LogP) is -0.0619. The molecule has 1 fully saturated rings. The number of carbonyl (C=O) groups is 1. The van der Waals surface area contributed by atoms with E-state index in [4.69, 9.17) is 21.5 Å². The number of sulfonamides is 1. The van der Waals surface area contributed by atoms with Crippen molar-refractivity contribution >= 4 is 43.8 Å². The summed E-state index contributed by atoms with van der Waals surface area (Å²) in [4.78, 5) is 12.9. The number of aromatic nitrogens is 2. The first-order valence-electron chi connectivity index (χ1n) is 7.53. The molecule has 26 heavy (non-hydrogen) atoms. The Morgan fingerprint density at radius 2 is 2.19 bits per heavy atom. The molecule has 2 heterocycles. The molecule has 0 radical (unpaired) electrons. The van der Waals surface area contributed by atoms with Gasteiger partial charge in [-0.1, -0.05) is 22.5 Å². The molecule has 1 aliphatic heterocycles. The van der Waals surface area contributed by atoms with E-state index >= 15 is 0 Å². The molecule has 1 aromatic carbocycles. The zero-order valence-electron chi connectivity index (χ0n) is 13.6. The van der Waals surface area contributed by atoms with E-state index in [1.165, 1.54) is 20.2 Å². The summed E-state index contributed by atoms with van der Waals surface area (Å²) in [5.41, 5.74) is 0.381. The van der Waals surface area contributed by atoms with Gasteiger partial charge < -0.3 is 9.32 Å². The molecule has 0 bridgehead atoms. The van der Waals surface area contributed by atoms with Gasteiger partial charge >= 0.3 is 10.2 Å². The van der Waals surface area contributed by atoms with Crippen LogP contribution in [0.2, 0.25) is 5.02 Å². The maximum Gasteiger partial charge on any atom is 0.332 e. The number of hydrogen-bond donors (Lipinski definition) is 1. The zero-order chi connectivity index (χ0) is 19.1. The molecule has 0 spiro atoms. The molecular formula is C14H15BrClN5O4S. The van der Waals surface area contributed by atoms with Gasteiger partial charge in [0.15, 0.2) is 0 Å². The van der Waals surface area contributed by atoms with Gasteiger partial charge in [0.25, 0.3) is 0 Å². The van der Waals surface area contributed by atoms with Crippen molar-refractivity contribution in [1.29, 1.82) is 5.41 Å². The van der Waals surface area contributed by atoms with E-state index in [0.717, 1.165) is 0 Å². The van der Waals surface area contributed by atoms with Crippen LogP contribution in [-0.4, -0.2) is 44.7 Å². The Bertz CT molecular complexity index is 1010. The van der Waals surface area contributed by atoms with Crippen LogP contribution < -0.4 is 20.6 Å². The highest BCUT2D eigenvalue weighted by Crippen LogP contribution is 2.25. The topological polar surface area (TPSA) is 113 Å². The second-order valence-electron chi connectivity index (χ2n) is 5.72. The van der Waals surface area contributed by atoms with E-state index in [0.29, 0.717) is 16.9 Å². The fourth-order valence-electron chi connectivity index (χ4n) is 2.74. The Hall–Kier alpha value is -1.69. The first-order valence-corrected chi connectivity index (χ1v) is 10.1. The lowest BCUT2D eigenvalue weighted by Crippen LogP contribution is -2.72. The lowest BCUT2D eigenvalue weighted by molar-refractivity contribution is -0.775. The molecule has 1 atom stereocenters. The Balaban J connectivity index is 1.91. The van der Waals surface area contributed by atoms with Gasteiger partial charge in [0.2, 0.25) is 10.0 Å². The van der Waals surface area contributed by atoms with E-state index in [-0.39, 0.29) is 34.7 Å². The minimum atomic E-state index is -3.81. The Kier molecular flexibility index (Phi) is 5.24. The number of benzene rings is 1. The second-order valence-corrected chi connectivity index (χ2v) is 8.82. The van der Waals surface area contributed by atoms with Crippen LogP contribution in [-0.2, 0) is 14.8 Å². The molecule has 0 aliphatic carbocycles. The largest absolute Gasteiger partial charge is 0.379 e. The van der Waals surface area contributed by atoms with Crippen molar-refractivity contribution in [2.75, 3.05) is 24.6 Å². The second kappa shape index (κ2) is 7.14. The summed E-state index contributed by atoms with van der Waals surface area (Å²) in [6, 6.07) is 3.88. The van der Waals surface area contributed by atoms with Crippen molar-refractivity contribution in [2.24, 2.45) is 0 Å². The SMILES string of the molecule is Cc1ccc(Cl)cc1S(=O)(=O)N1CCN([n+]2[n-]oc(=N)c2Br)C(C=O)C1. The summed E-state index contributed by atoms with van der Waals surface area (Å²) in [5.74, 6) is 0. The molecule has 2 aromatic rings. The van der Waals surface area contributed by atoms with Crippen LogP contribution >= 0.6 is 27.5 Å². The molecule has 1 N–H and O–H groups in total. The molecule has 1 aromatic heterocycles. The van der Waals surface area contributed by atoms with Gasteiger partial charge in [-0.15, -0.1) is 0 Å². The van der Waals surface area contributed by atoms with Gasteiger partial charge in [-0.25, -0.2) is 8.42 Å². The molecule has 0 amide bonds. The number of nitrogens with zero attached hydrogens (tertiary/aromatic N) is 4. The summed E-state index contributed by atoms with van der Waals surface area (Å²) in [6.07, 6.45) is 0.643. The zero-order valence-corrected chi connectivity index (χ0v) is 16.8. The summed E-state index contributed by atoms with van der Waals surface area (Å²) in [6.45, 7) is 1.96. The van der Waals surface area contributed by atoms with Gasteiger partial charge in [-0.2, -0.15) is 4.31 Å². The Morgan fingerprint density at radius 3 is 2.81 bits per heavy atom. The van der Waals surface area contributed by atoms with Crippen LogP contribution in [0.4, 0.5) is 0 Å². The quantitative estimate of drug-likeness (QED) is 0.501. The summed E-state index contributed by atoms with van der Waals surface area (Å²) in [7, 11) is -3.81. The van der Waals surface area contributed by atoms with E-state index < -0.39 is 16.1 Å². The Labute approximate surface area is 162 Å². The molecule has 9 nitrogen and oxygen atoms in total. The predicted molar refractivity (Wildman–Crippen MR) is 93.7 cm³/mol. The van der Waals surface area contributed by atoms with E-state index in [2.05, 4.69) is 21.2 Å². The molecular weight excluding hydrogens is 450 g/mol. The normalized spacial score (nSPS) is 18.9. The van der Waals surface area contributed by atoms with E-state index in [1.54, 1.807) is 19.1 Å². The van der Waals surface area contributed by atoms with Crippen molar-refractivity contribution in [3.63, 3.8) is 0 Å². The van der Waals surface area contributed by atoms with Crippen LogP contribution in [0.3, 0.4) is 0 Å². The molecule has 1 aliphatic rings. The van der Waals surface area contributed by atoms with Crippen LogP contribution in [0.15, 0.2) is 32.2 Å². The van der Waals surface area contributed by atoms with E-state index in [9.17, 15) is 13.2 Å². The average Bonchev–Trinajstić information content (AvgIpc) is 2.95. The van der Waals surface area contributed by atoms with Gasteiger partial charge in [0.1, 0.15) is 6.29 Å². The first kappa shape index (κ1) is 19.1. The number of nitrogens with one attached hydrogen (secondary N) is 1. The van der Waals surface area contributed by atoms with Crippen molar-refractivity contribution in [1.82, 2.24) is 9.58 Å². The summed E-state index contributed by atoms with van der Waals surface area (Å²) in [5, 5.41) is 13.1. The van der Waals surface area contributed by atoms with Crippen LogP contribution in [0.1, 0.15) is 5.56 Å². The van der Waals surface area contributed by atoms with Gasteiger partial charge in [0, 0.05) is 40.6 Å². The highest BCUT2D eigenvalue weighted by atomic mass is 79.9. The molecule has 1 unspecified atom stereocenters. The third kappa shape index (κ3) is 3.31. The van der Waals surface area contributed by atoms with Crippen molar-refractivity contribution in [2.45, 2.75) is 17.9 Å². The number of aldehydes is 1. The highest BCUT2D eigenvalue weighted by Gasteiger charge is 2.36. The summed E-state index contributed by atoms with van der Waals surface area (Å²) < 4.78 is 32.2. The molecule has 140 valence electrons. The third-order valence-corrected chi connectivity index (χ3v) is 7.01. The Morgan fingerprint density at radius 1 is 1.46 bits per heavy atom. The molecule has 1 saturated heterocycles. The van der Waals surface area contributed by atoms with Crippen molar-refractivity contribution < 1.29 is 22.5 Å². The fourth-order valence-corrected chi connectivity index (χ4v) is 5.01. The van der Waals surface area contributed by atoms with E-state index in [1.807, 2.05) is 0 Å². The smallest absolute Gasteiger partial charge is 0.332 e. The number of aryl methyl sites for hydroxylation is 1. The highest BCUT2D eigenvalue weighted by molar-refractivity contribution is 9.10. The fraction of sp³-hybridized carbons (Fsp3) is 0.357. The number of hydrogen-bond acceptors (Lipinski definition) is 6. The lowest BCUT2D eigenvalue weighted by atomic mass is 10.2. The minimum absolute atomic E-state index is 0.0581. The number of halogens is 2. The van der Waals surface area contributed by atoms with Crippen LogP contribution in [0.25, 0.3) is 0 Å². The third-order valence-electron chi connectivity index (χ3n) is 4.09. The monoisotopic (exact) mass is 463 g/mol. The van der Waals surface area contributed by atoms with Crippen molar-refractivity contribution in [3.8, 4) is 0 Å². The van der Waals surface area contributed by atoms with Gasteiger partial charge in [0.05, 0.1) is 10.9 Å². The number of carbonyl (C=O) groups excluding carboxylic acids is 1. The number of rotatable bonds is 4. The molecule has 0 saturated carbocycles. The minimum Gasteiger partial charge on any atom is -0.379 e.